The molecule has 0 fully saturated rings. The molecule has 0 saturated carbocycles. The Hall–Kier alpha value is -2.67. The number of hydrogen-bond acceptors (Lipinski definition) is 4. The molecule has 3 rings (SSSR count). The molecule has 0 saturated heterocycles. The number of benzene rings is 2. The molecule has 0 bridgehead atoms. The molecule has 0 atom stereocenters. The van der Waals surface area contributed by atoms with Crippen LogP contribution in [0.5, 0.6) is 0 Å². The van der Waals surface area contributed by atoms with Crippen LogP contribution in [0.25, 0.3) is 10.9 Å². The van der Waals surface area contributed by atoms with Crippen LogP contribution < -0.4 is 0 Å². The van der Waals surface area contributed by atoms with E-state index in [4.69, 9.17) is 4.74 Å². The quantitative estimate of drug-likeness (QED) is 0.494. The molecular weight excluding hydrogens is 369 g/mol. The summed E-state index contributed by atoms with van der Waals surface area (Å²) in [5.41, 5.74) is 2.85. The van der Waals surface area contributed by atoms with Crippen molar-refractivity contribution in [2.45, 2.75) is 18.6 Å². The largest absolute Gasteiger partial charge is 0.462 e. The molecule has 1 heterocycles. The number of halogens is 1. The van der Waals surface area contributed by atoms with Crippen LogP contribution in [0.15, 0.2) is 48.7 Å². The van der Waals surface area contributed by atoms with Crippen molar-refractivity contribution >= 4 is 26.7 Å². The number of ether oxygens (including phenoxy) is 1. The van der Waals surface area contributed by atoms with E-state index in [9.17, 15) is 17.6 Å². The van der Waals surface area contributed by atoms with E-state index in [0.717, 1.165) is 22.7 Å². The molecule has 0 amide bonds. The third kappa shape index (κ3) is 5.17. The Morgan fingerprint density at radius 1 is 1.15 bits per heavy atom. The Kier molecular flexibility index (Phi) is 5.60. The van der Waals surface area contributed by atoms with E-state index in [2.05, 4.69) is 4.98 Å². The first-order valence-corrected chi connectivity index (χ1v) is 10.6. The summed E-state index contributed by atoms with van der Waals surface area (Å²) in [4.78, 5) is 15.2. The molecule has 5 nitrogen and oxygen atoms in total. The van der Waals surface area contributed by atoms with Crippen molar-refractivity contribution in [3.63, 3.8) is 0 Å². The molecule has 1 N–H and O–H groups in total. The van der Waals surface area contributed by atoms with Crippen molar-refractivity contribution < 1.29 is 22.3 Å². The van der Waals surface area contributed by atoms with Crippen LogP contribution in [-0.4, -0.2) is 32.2 Å². The second-order valence-electron chi connectivity index (χ2n) is 6.51. The van der Waals surface area contributed by atoms with Crippen LogP contribution in [0.2, 0.25) is 0 Å². The molecule has 1 aromatic heterocycles. The van der Waals surface area contributed by atoms with E-state index in [0.29, 0.717) is 24.0 Å². The monoisotopic (exact) mass is 389 g/mol. The van der Waals surface area contributed by atoms with Gasteiger partial charge in [0.15, 0.2) is 9.84 Å². The highest BCUT2D eigenvalue weighted by Gasteiger charge is 2.10. The third-order valence-electron chi connectivity index (χ3n) is 4.17. The molecule has 142 valence electrons. The van der Waals surface area contributed by atoms with Gasteiger partial charge in [-0.1, -0.05) is 12.1 Å². The second kappa shape index (κ2) is 7.92. The number of carbonyl (C=O) groups is 1. The average Bonchev–Trinajstić information content (AvgIpc) is 3.00. The fourth-order valence-electron chi connectivity index (χ4n) is 2.91. The lowest BCUT2D eigenvalue weighted by Gasteiger charge is -2.06. The van der Waals surface area contributed by atoms with Gasteiger partial charge in [-0.05, 0) is 54.3 Å². The van der Waals surface area contributed by atoms with Crippen molar-refractivity contribution in [2.24, 2.45) is 0 Å². The Morgan fingerprint density at radius 2 is 1.89 bits per heavy atom. The Balaban J connectivity index is 1.51. The van der Waals surface area contributed by atoms with E-state index >= 15 is 0 Å². The number of nitrogens with one attached hydrogen (secondary N) is 1. The maximum Gasteiger partial charge on any atom is 0.338 e. The van der Waals surface area contributed by atoms with Gasteiger partial charge in [0.2, 0.25) is 0 Å². The summed E-state index contributed by atoms with van der Waals surface area (Å²) in [6, 6.07) is 10.9. The summed E-state index contributed by atoms with van der Waals surface area (Å²) in [6.07, 6.45) is 4.27. The summed E-state index contributed by atoms with van der Waals surface area (Å²) >= 11 is 0. The molecule has 0 unspecified atom stereocenters. The van der Waals surface area contributed by atoms with Gasteiger partial charge in [-0.15, -0.1) is 0 Å². The lowest BCUT2D eigenvalue weighted by Crippen LogP contribution is -2.07. The predicted octanol–water partition coefficient (Wildman–Crippen LogP) is 3.64. The predicted molar refractivity (Wildman–Crippen MR) is 102 cm³/mol. The lowest BCUT2D eigenvalue weighted by atomic mass is 10.1. The van der Waals surface area contributed by atoms with E-state index in [1.54, 1.807) is 30.3 Å². The van der Waals surface area contributed by atoms with Crippen molar-refractivity contribution in [1.82, 2.24) is 4.98 Å². The van der Waals surface area contributed by atoms with Crippen molar-refractivity contribution in [2.75, 3.05) is 12.9 Å². The Morgan fingerprint density at radius 3 is 2.59 bits per heavy atom. The molecule has 0 aliphatic rings. The van der Waals surface area contributed by atoms with E-state index in [1.165, 1.54) is 12.1 Å². The highest BCUT2D eigenvalue weighted by atomic mass is 32.2. The van der Waals surface area contributed by atoms with Gasteiger partial charge in [-0.25, -0.2) is 17.6 Å². The molecule has 27 heavy (non-hydrogen) atoms. The average molecular weight is 389 g/mol. The Bertz CT molecular complexity index is 1060. The summed E-state index contributed by atoms with van der Waals surface area (Å²) in [5, 5.41) is 0.836. The third-order valence-corrected chi connectivity index (χ3v) is 5.03. The topological polar surface area (TPSA) is 76.2 Å². The SMILES string of the molecule is CS(=O)(=O)Cc1ccc(C(=O)OCCCc2c[nH]c3ccc(F)cc23)cc1. The number of rotatable bonds is 7. The van der Waals surface area contributed by atoms with Gasteiger partial charge < -0.3 is 9.72 Å². The first-order chi connectivity index (χ1) is 12.8. The highest BCUT2D eigenvalue weighted by molar-refractivity contribution is 7.89. The zero-order chi connectivity index (χ0) is 19.4. The summed E-state index contributed by atoms with van der Waals surface area (Å²) < 4.78 is 41.2. The van der Waals surface area contributed by atoms with Crippen LogP contribution in [0, 0.1) is 5.82 Å². The second-order valence-corrected chi connectivity index (χ2v) is 8.65. The number of aromatic nitrogens is 1. The Labute approximate surface area is 157 Å². The highest BCUT2D eigenvalue weighted by Crippen LogP contribution is 2.20. The van der Waals surface area contributed by atoms with Gasteiger partial charge in [0, 0.05) is 23.4 Å². The van der Waals surface area contributed by atoms with Crippen LogP contribution in [0.1, 0.15) is 27.9 Å². The van der Waals surface area contributed by atoms with Gasteiger partial charge in [-0.2, -0.15) is 0 Å². The van der Waals surface area contributed by atoms with Crippen molar-refractivity contribution in [3.8, 4) is 0 Å². The van der Waals surface area contributed by atoms with Crippen molar-refractivity contribution in [3.05, 3.63) is 71.2 Å². The van der Waals surface area contributed by atoms with Gasteiger partial charge in [0.1, 0.15) is 5.82 Å². The van der Waals surface area contributed by atoms with E-state index < -0.39 is 15.8 Å². The van der Waals surface area contributed by atoms with Gasteiger partial charge >= 0.3 is 5.97 Å². The van der Waals surface area contributed by atoms with Crippen LogP contribution in [0.4, 0.5) is 4.39 Å². The van der Waals surface area contributed by atoms with Crippen LogP contribution in [-0.2, 0) is 26.7 Å². The van der Waals surface area contributed by atoms with Gasteiger partial charge in [-0.3, -0.25) is 0 Å². The van der Waals surface area contributed by atoms with Gasteiger partial charge in [0.05, 0.1) is 17.9 Å². The first kappa shape index (κ1) is 19.1. The number of fused-ring (bicyclic) bond motifs is 1. The van der Waals surface area contributed by atoms with Crippen LogP contribution >= 0.6 is 0 Å². The molecule has 0 aliphatic heterocycles. The molecule has 0 aliphatic carbocycles. The maximum atomic E-state index is 13.4. The lowest BCUT2D eigenvalue weighted by molar-refractivity contribution is 0.0500. The number of aromatic amines is 1. The number of H-pyrrole nitrogens is 1. The molecule has 7 heteroatoms. The summed E-state index contributed by atoms with van der Waals surface area (Å²) in [5.74, 6) is -0.798. The minimum atomic E-state index is -3.11. The zero-order valence-corrected chi connectivity index (χ0v) is 15.7. The number of esters is 1. The fourth-order valence-corrected chi connectivity index (χ4v) is 3.71. The minimum Gasteiger partial charge on any atom is -0.462 e. The maximum absolute atomic E-state index is 13.4. The smallest absolute Gasteiger partial charge is 0.338 e. The molecule has 2 aromatic carbocycles. The van der Waals surface area contributed by atoms with Crippen LogP contribution in [0.3, 0.4) is 0 Å². The summed E-state index contributed by atoms with van der Waals surface area (Å²) in [6.45, 7) is 0.242. The van der Waals surface area contributed by atoms with E-state index in [-0.39, 0.29) is 18.2 Å². The molecule has 3 aromatic rings. The molecule has 0 spiro atoms. The molecule has 0 radical (unpaired) electrons. The fraction of sp³-hybridized carbons (Fsp3) is 0.250. The standard InChI is InChI=1S/C20H20FNO4S/c1-27(24,25)13-14-4-6-15(7-5-14)20(23)26-10-2-3-16-12-22-19-9-8-17(21)11-18(16)19/h4-9,11-12,22H,2-3,10,13H2,1H3. The van der Waals surface area contributed by atoms with Gasteiger partial charge in [0.25, 0.3) is 0 Å². The number of aryl methyl sites for hydroxylation is 1. The number of sulfone groups is 1. The summed E-state index contributed by atoms with van der Waals surface area (Å²) in [7, 11) is -3.11. The van der Waals surface area contributed by atoms with E-state index in [1.807, 2.05) is 6.20 Å². The zero-order valence-electron chi connectivity index (χ0n) is 14.9. The number of carbonyl (C=O) groups excluding carboxylic acids is 1. The minimum absolute atomic E-state index is 0.0620. The molecular formula is C20H20FNO4S. The normalized spacial score (nSPS) is 11.6. The first-order valence-electron chi connectivity index (χ1n) is 8.51. The van der Waals surface area contributed by atoms with Crippen molar-refractivity contribution in [1.29, 1.82) is 0 Å². The number of hydrogen-bond donors (Lipinski definition) is 1.